The molecule has 27 heavy (non-hydrogen) atoms. The van der Waals surface area contributed by atoms with Crippen LogP contribution in [0.4, 0.5) is 5.69 Å². The van der Waals surface area contributed by atoms with E-state index in [2.05, 4.69) is 21.4 Å². The van der Waals surface area contributed by atoms with Gasteiger partial charge in [0, 0.05) is 37.9 Å². The number of hydrogen-bond donors (Lipinski definition) is 1. The lowest BCUT2D eigenvalue weighted by atomic mass is 10.1. The second-order valence-corrected chi connectivity index (χ2v) is 7.40. The standard InChI is InChI=1S/C20H23N5O2/c1-12-7-13(2)9-14(8-12)22-18(26)15-10-21-25-19(15)24(4)17-5-6-23(3)11-16(17)20(25)27/h7-10H,5-6,11H2,1-4H3,(H,22,26). The second kappa shape index (κ2) is 6.35. The fourth-order valence-electron chi connectivity index (χ4n) is 3.92. The van der Waals surface area contributed by atoms with Gasteiger partial charge in [-0.2, -0.15) is 9.61 Å². The zero-order chi connectivity index (χ0) is 19.3. The van der Waals surface area contributed by atoms with Crippen molar-refractivity contribution in [3.8, 4) is 0 Å². The molecule has 7 heteroatoms. The van der Waals surface area contributed by atoms with Crippen molar-refractivity contribution in [1.29, 1.82) is 0 Å². The SMILES string of the molecule is Cc1cc(C)cc(NC(=O)c2cnn3c(=O)c4c(n(C)c23)CCN(C)C4)c1. The number of rotatable bonds is 2. The van der Waals surface area contributed by atoms with Gasteiger partial charge in [0.05, 0.1) is 11.8 Å². The summed E-state index contributed by atoms with van der Waals surface area (Å²) < 4.78 is 3.28. The summed E-state index contributed by atoms with van der Waals surface area (Å²) in [6.07, 6.45) is 2.25. The Morgan fingerprint density at radius 3 is 2.56 bits per heavy atom. The first kappa shape index (κ1) is 17.5. The summed E-state index contributed by atoms with van der Waals surface area (Å²) in [7, 11) is 3.90. The van der Waals surface area contributed by atoms with E-state index in [9.17, 15) is 9.59 Å². The highest BCUT2D eigenvalue weighted by Gasteiger charge is 2.25. The summed E-state index contributed by atoms with van der Waals surface area (Å²) in [6.45, 7) is 5.46. The third-order valence-electron chi connectivity index (χ3n) is 5.15. The molecule has 1 aromatic carbocycles. The van der Waals surface area contributed by atoms with Crippen molar-refractivity contribution in [2.75, 3.05) is 18.9 Å². The maximum absolute atomic E-state index is 12.9. The van der Waals surface area contributed by atoms with Gasteiger partial charge >= 0.3 is 0 Å². The molecule has 4 rings (SSSR count). The molecule has 0 bridgehead atoms. The lowest BCUT2D eigenvalue weighted by Gasteiger charge is -2.26. The number of carbonyl (C=O) groups excluding carboxylic acids is 1. The molecule has 3 aromatic rings. The smallest absolute Gasteiger partial charge is 0.279 e. The number of aryl methyl sites for hydroxylation is 3. The zero-order valence-electron chi connectivity index (χ0n) is 16.0. The molecule has 1 amide bonds. The van der Waals surface area contributed by atoms with Crippen LogP contribution in [-0.2, 0) is 20.0 Å². The lowest BCUT2D eigenvalue weighted by Crippen LogP contribution is -2.36. The van der Waals surface area contributed by atoms with Gasteiger partial charge in [-0.25, -0.2) is 0 Å². The van der Waals surface area contributed by atoms with Crippen LogP contribution in [0.3, 0.4) is 0 Å². The predicted octanol–water partition coefficient (Wildman–Crippen LogP) is 1.89. The Kier molecular flexibility index (Phi) is 4.11. The first-order chi connectivity index (χ1) is 12.8. The molecule has 0 radical (unpaired) electrons. The van der Waals surface area contributed by atoms with E-state index in [1.54, 1.807) is 0 Å². The molecule has 0 saturated carbocycles. The van der Waals surface area contributed by atoms with E-state index in [-0.39, 0.29) is 11.5 Å². The Labute approximate surface area is 157 Å². The van der Waals surface area contributed by atoms with Gasteiger partial charge in [-0.3, -0.25) is 9.59 Å². The van der Waals surface area contributed by atoms with Gasteiger partial charge in [0.1, 0.15) is 5.56 Å². The van der Waals surface area contributed by atoms with Gasteiger partial charge in [0.2, 0.25) is 0 Å². The van der Waals surface area contributed by atoms with Crippen LogP contribution in [-0.4, -0.2) is 38.6 Å². The Morgan fingerprint density at radius 1 is 1.15 bits per heavy atom. The zero-order valence-corrected chi connectivity index (χ0v) is 16.0. The van der Waals surface area contributed by atoms with E-state index >= 15 is 0 Å². The Morgan fingerprint density at radius 2 is 1.85 bits per heavy atom. The molecule has 0 unspecified atom stereocenters. The van der Waals surface area contributed by atoms with E-state index in [1.165, 1.54) is 10.7 Å². The Hall–Kier alpha value is -2.93. The molecule has 7 nitrogen and oxygen atoms in total. The van der Waals surface area contributed by atoms with E-state index in [0.717, 1.165) is 41.0 Å². The third kappa shape index (κ3) is 2.94. The van der Waals surface area contributed by atoms with Crippen molar-refractivity contribution < 1.29 is 4.79 Å². The highest BCUT2D eigenvalue weighted by atomic mass is 16.2. The predicted molar refractivity (Wildman–Crippen MR) is 104 cm³/mol. The molecule has 0 saturated heterocycles. The van der Waals surface area contributed by atoms with Crippen LogP contribution in [0.1, 0.15) is 32.7 Å². The normalized spacial score (nSPS) is 14.4. The van der Waals surface area contributed by atoms with Crippen LogP contribution >= 0.6 is 0 Å². The van der Waals surface area contributed by atoms with E-state index in [0.29, 0.717) is 17.8 Å². The average Bonchev–Trinajstić information content (AvgIpc) is 3.04. The first-order valence-electron chi connectivity index (χ1n) is 9.02. The van der Waals surface area contributed by atoms with Crippen LogP contribution in [0.5, 0.6) is 0 Å². The van der Waals surface area contributed by atoms with Gasteiger partial charge in [0.15, 0.2) is 5.65 Å². The Balaban J connectivity index is 1.80. The molecule has 1 aliphatic heterocycles. The fourth-order valence-corrected chi connectivity index (χ4v) is 3.92. The number of nitrogens with zero attached hydrogens (tertiary/aromatic N) is 4. The number of aromatic nitrogens is 3. The van der Waals surface area contributed by atoms with E-state index in [4.69, 9.17) is 0 Å². The summed E-state index contributed by atoms with van der Waals surface area (Å²) in [5.74, 6) is -0.266. The molecule has 0 spiro atoms. The molecular formula is C20H23N5O2. The van der Waals surface area contributed by atoms with Crippen LogP contribution in [0, 0.1) is 13.8 Å². The monoisotopic (exact) mass is 365 g/mol. The number of benzene rings is 1. The third-order valence-corrected chi connectivity index (χ3v) is 5.15. The van der Waals surface area contributed by atoms with Crippen LogP contribution in [0.25, 0.3) is 5.65 Å². The van der Waals surface area contributed by atoms with Crippen LogP contribution in [0.2, 0.25) is 0 Å². The average molecular weight is 365 g/mol. The van der Waals surface area contributed by atoms with Crippen molar-refractivity contribution in [3.63, 3.8) is 0 Å². The Bertz CT molecular complexity index is 1110. The number of anilines is 1. The number of carbonyl (C=O) groups is 1. The van der Waals surface area contributed by atoms with Gasteiger partial charge in [-0.15, -0.1) is 0 Å². The topological polar surface area (TPSA) is 71.6 Å². The minimum atomic E-state index is -0.266. The molecular weight excluding hydrogens is 342 g/mol. The number of likely N-dealkylation sites (N-methyl/N-ethyl adjacent to an activating group) is 1. The van der Waals surface area contributed by atoms with Crippen molar-refractivity contribution in [3.05, 3.63) is 62.7 Å². The number of fused-ring (bicyclic) bond motifs is 2. The molecule has 0 fully saturated rings. The molecule has 1 N–H and O–H groups in total. The highest BCUT2D eigenvalue weighted by molar-refractivity contribution is 6.08. The molecule has 2 aromatic heterocycles. The highest BCUT2D eigenvalue weighted by Crippen LogP contribution is 2.20. The van der Waals surface area contributed by atoms with Crippen molar-refractivity contribution in [1.82, 2.24) is 19.1 Å². The van der Waals surface area contributed by atoms with Crippen LogP contribution < -0.4 is 10.9 Å². The molecule has 3 heterocycles. The van der Waals surface area contributed by atoms with Gasteiger partial charge in [-0.1, -0.05) is 6.07 Å². The summed E-state index contributed by atoms with van der Waals surface area (Å²) >= 11 is 0. The minimum Gasteiger partial charge on any atom is -0.332 e. The maximum atomic E-state index is 12.9. The van der Waals surface area contributed by atoms with Crippen molar-refractivity contribution in [2.45, 2.75) is 26.8 Å². The van der Waals surface area contributed by atoms with Crippen molar-refractivity contribution in [2.24, 2.45) is 7.05 Å². The number of amides is 1. The van der Waals surface area contributed by atoms with E-state index in [1.807, 2.05) is 44.6 Å². The second-order valence-electron chi connectivity index (χ2n) is 7.40. The summed E-state index contributed by atoms with van der Waals surface area (Å²) in [5.41, 5.74) is 5.42. The quantitative estimate of drug-likeness (QED) is 0.753. The summed E-state index contributed by atoms with van der Waals surface area (Å²) in [4.78, 5) is 27.9. The first-order valence-corrected chi connectivity index (χ1v) is 9.02. The van der Waals surface area contributed by atoms with Crippen LogP contribution in [0.15, 0.2) is 29.2 Å². The fraction of sp³-hybridized carbons (Fsp3) is 0.350. The molecule has 0 aliphatic carbocycles. The lowest BCUT2D eigenvalue weighted by molar-refractivity contribution is 0.102. The van der Waals surface area contributed by atoms with Gasteiger partial charge in [-0.05, 0) is 44.2 Å². The van der Waals surface area contributed by atoms with E-state index < -0.39 is 0 Å². The van der Waals surface area contributed by atoms with Gasteiger partial charge < -0.3 is 14.8 Å². The molecule has 0 atom stereocenters. The minimum absolute atomic E-state index is 0.143. The number of hydrogen-bond acceptors (Lipinski definition) is 4. The van der Waals surface area contributed by atoms with Crippen molar-refractivity contribution >= 4 is 17.2 Å². The largest absolute Gasteiger partial charge is 0.332 e. The number of nitrogens with one attached hydrogen (secondary N) is 1. The summed E-state index contributed by atoms with van der Waals surface area (Å²) in [5, 5.41) is 7.15. The summed E-state index contributed by atoms with van der Waals surface area (Å²) in [6, 6.07) is 5.90. The van der Waals surface area contributed by atoms with Gasteiger partial charge in [0.25, 0.3) is 11.5 Å². The molecule has 140 valence electrons. The maximum Gasteiger partial charge on any atom is 0.279 e. The molecule has 1 aliphatic rings.